The average Bonchev–Trinajstić information content (AvgIpc) is 2.41. The van der Waals surface area contributed by atoms with Gasteiger partial charge in [0.1, 0.15) is 0 Å². The molecule has 1 nitrogen and oxygen atoms in total. The fraction of sp³-hybridized carbons (Fsp3) is 0.200. The Kier molecular flexibility index (Phi) is 4.28. The maximum absolute atomic E-state index is 6.02. The predicted molar refractivity (Wildman–Crippen MR) is 79.1 cm³/mol. The van der Waals surface area contributed by atoms with Crippen LogP contribution in [0.1, 0.15) is 24.9 Å². The fourth-order valence-corrected chi connectivity index (χ4v) is 2.13. The van der Waals surface area contributed by atoms with Crippen LogP contribution in [0.2, 0.25) is 10.0 Å². The van der Waals surface area contributed by atoms with E-state index >= 15 is 0 Å². The molecular weight excluding hydrogens is 265 g/mol. The van der Waals surface area contributed by atoms with Crippen LogP contribution in [-0.2, 0) is 0 Å². The fourth-order valence-electron chi connectivity index (χ4n) is 1.83. The van der Waals surface area contributed by atoms with Gasteiger partial charge >= 0.3 is 0 Å². The summed E-state index contributed by atoms with van der Waals surface area (Å²) in [6, 6.07) is 14.0. The Balaban J connectivity index is 2.31. The van der Waals surface area contributed by atoms with Crippen LogP contribution in [0.15, 0.2) is 42.5 Å². The molecule has 0 amide bonds. The molecule has 0 bridgehead atoms. The van der Waals surface area contributed by atoms with Crippen LogP contribution in [0, 0.1) is 0 Å². The van der Waals surface area contributed by atoms with E-state index in [1.54, 1.807) is 0 Å². The maximum Gasteiger partial charge on any atom is 0.0598 e. The van der Waals surface area contributed by atoms with E-state index in [2.05, 4.69) is 31.2 Å². The van der Waals surface area contributed by atoms with Gasteiger partial charge in [-0.05, 0) is 35.2 Å². The largest absolute Gasteiger partial charge is 0.324 e. The highest BCUT2D eigenvalue weighted by Gasteiger charge is 2.05. The number of rotatable bonds is 3. The Bertz CT molecular complexity index is 535. The monoisotopic (exact) mass is 279 g/mol. The van der Waals surface area contributed by atoms with Crippen LogP contribution in [0.3, 0.4) is 0 Å². The van der Waals surface area contributed by atoms with Crippen molar-refractivity contribution in [3.63, 3.8) is 0 Å². The highest BCUT2D eigenvalue weighted by Crippen LogP contribution is 2.29. The van der Waals surface area contributed by atoms with Gasteiger partial charge in [-0.3, -0.25) is 0 Å². The minimum Gasteiger partial charge on any atom is -0.324 e. The topological polar surface area (TPSA) is 26.0 Å². The summed E-state index contributed by atoms with van der Waals surface area (Å²) >= 11 is 11.9. The first-order valence-electron chi connectivity index (χ1n) is 5.92. The quantitative estimate of drug-likeness (QED) is 0.834. The van der Waals surface area contributed by atoms with Crippen LogP contribution in [0.25, 0.3) is 11.1 Å². The Morgan fingerprint density at radius 1 is 0.944 bits per heavy atom. The Morgan fingerprint density at radius 3 is 2.11 bits per heavy atom. The van der Waals surface area contributed by atoms with E-state index in [0.717, 1.165) is 23.1 Å². The lowest BCUT2D eigenvalue weighted by Crippen LogP contribution is -2.07. The van der Waals surface area contributed by atoms with E-state index in [9.17, 15) is 0 Å². The summed E-state index contributed by atoms with van der Waals surface area (Å²) in [5.74, 6) is 0. The SMILES string of the molecule is CCC(N)c1ccc(-c2ccc(Cl)c(Cl)c2)cc1. The average molecular weight is 280 g/mol. The van der Waals surface area contributed by atoms with Crippen molar-refractivity contribution in [3.8, 4) is 11.1 Å². The van der Waals surface area contributed by atoms with Crippen molar-refractivity contribution < 1.29 is 0 Å². The van der Waals surface area contributed by atoms with Crippen LogP contribution in [0.5, 0.6) is 0 Å². The first kappa shape index (κ1) is 13.4. The van der Waals surface area contributed by atoms with E-state index in [1.165, 1.54) is 0 Å². The van der Waals surface area contributed by atoms with Gasteiger partial charge in [0, 0.05) is 6.04 Å². The molecule has 2 N–H and O–H groups in total. The molecule has 2 rings (SSSR count). The second-order valence-corrected chi connectivity index (χ2v) is 5.08. The molecule has 0 aromatic heterocycles. The lowest BCUT2D eigenvalue weighted by Gasteiger charge is -2.10. The van der Waals surface area contributed by atoms with Crippen LogP contribution < -0.4 is 5.73 Å². The van der Waals surface area contributed by atoms with Crippen molar-refractivity contribution >= 4 is 23.2 Å². The lowest BCUT2D eigenvalue weighted by molar-refractivity contribution is 0.699. The van der Waals surface area contributed by atoms with Crippen molar-refractivity contribution in [2.24, 2.45) is 5.73 Å². The van der Waals surface area contributed by atoms with Crippen LogP contribution in [-0.4, -0.2) is 0 Å². The second kappa shape index (κ2) is 5.75. The molecule has 94 valence electrons. The van der Waals surface area contributed by atoms with Gasteiger partial charge in [0.15, 0.2) is 0 Å². The molecule has 3 heteroatoms. The van der Waals surface area contributed by atoms with E-state index in [0.29, 0.717) is 10.0 Å². The molecule has 0 radical (unpaired) electrons. The summed E-state index contributed by atoms with van der Waals surface area (Å²) in [4.78, 5) is 0. The Labute approximate surface area is 118 Å². The molecule has 0 aliphatic carbocycles. The molecule has 0 heterocycles. The summed E-state index contributed by atoms with van der Waals surface area (Å²) in [6.07, 6.45) is 0.937. The highest BCUT2D eigenvalue weighted by atomic mass is 35.5. The standard InChI is InChI=1S/C15H15Cl2N/c1-2-15(18)11-5-3-10(4-6-11)12-7-8-13(16)14(17)9-12/h3-9,15H,2,18H2,1H3. The zero-order chi connectivity index (χ0) is 13.1. The number of halogens is 2. The number of benzene rings is 2. The molecule has 2 aromatic rings. The zero-order valence-corrected chi connectivity index (χ0v) is 11.7. The van der Waals surface area contributed by atoms with Gasteiger partial charge in [-0.25, -0.2) is 0 Å². The Morgan fingerprint density at radius 2 is 1.56 bits per heavy atom. The molecule has 18 heavy (non-hydrogen) atoms. The summed E-state index contributed by atoms with van der Waals surface area (Å²) in [5.41, 5.74) is 9.31. The normalized spacial score (nSPS) is 12.4. The highest BCUT2D eigenvalue weighted by molar-refractivity contribution is 6.42. The first-order chi connectivity index (χ1) is 8.61. The molecule has 0 aliphatic heterocycles. The van der Waals surface area contributed by atoms with E-state index in [-0.39, 0.29) is 6.04 Å². The van der Waals surface area contributed by atoms with Crippen LogP contribution in [0.4, 0.5) is 0 Å². The van der Waals surface area contributed by atoms with Crippen LogP contribution >= 0.6 is 23.2 Å². The summed E-state index contributed by atoms with van der Waals surface area (Å²) in [7, 11) is 0. The summed E-state index contributed by atoms with van der Waals surface area (Å²) < 4.78 is 0. The zero-order valence-electron chi connectivity index (χ0n) is 10.2. The number of hydrogen-bond donors (Lipinski definition) is 1. The van der Waals surface area contributed by atoms with Crippen molar-refractivity contribution in [3.05, 3.63) is 58.1 Å². The summed E-state index contributed by atoms with van der Waals surface area (Å²) in [6.45, 7) is 2.08. The third kappa shape index (κ3) is 2.86. The van der Waals surface area contributed by atoms with Gasteiger partial charge in [0.25, 0.3) is 0 Å². The smallest absolute Gasteiger partial charge is 0.0598 e. The molecular formula is C15H15Cl2N. The number of hydrogen-bond acceptors (Lipinski definition) is 1. The molecule has 2 aromatic carbocycles. The van der Waals surface area contributed by atoms with Gasteiger partial charge in [0.2, 0.25) is 0 Å². The second-order valence-electron chi connectivity index (χ2n) is 4.27. The Hall–Kier alpha value is -1.02. The van der Waals surface area contributed by atoms with Gasteiger partial charge < -0.3 is 5.73 Å². The van der Waals surface area contributed by atoms with Gasteiger partial charge in [-0.15, -0.1) is 0 Å². The molecule has 1 atom stereocenters. The third-order valence-electron chi connectivity index (χ3n) is 3.03. The minimum atomic E-state index is 0.104. The molecule has 0 spiro atoms. The predicted octanol–water partition coefficient (Wildman–Crippen LogP) is 5.07. The first-order valence-corrected chi connectivity index (χ1v) is 6.68. The minimum absolute atomic E-state index is 0.104. The van der Waals surface area contributed by atoms with E-state index in [1.807, 2.05) is 18.2 Å². The maximum atomic E-state index is 6.02. The van der Waals surface area contributed by atoms with Gasteiger partial charge in [-0.2, -0.15) is 0 Å². The molecule has 1 unspecified atom stereocenters. The van der Waals surface area contributed by atoms with E-state index < -0.39 is 0 Å². The van der Waals surface area contributed by atoms with Crippen molar-refractivity contribution in [2.45, 2.75) is 19.4 Å². The van der Waals surface area contributed by atoms with Crippen molar-refractivity contribution in [2.75, 3.05) is 0 Å². The molecule has 0 saturated heterocycles. The summed E-state index contributed by atoms with van der Waals surface area (Å²) in [5, 5.41) is 1.15. The van der Waals surface area contributed by atoms with Crippen molar-refractivity contribution in [1.29, 1.82) is 0 Å². The van der Waals surface area contributed by atoms with E-state index in [4.69, 9.17) is 28.9 Å². The van der Waals surface area contributed by atoms with Gasteiger partial charge in [-0.1, -0.05) is 60.5 Å². The number of nitrogens with two attached hydrogens (primary N) is 1. The lowest BCUT2D eigenvalue weighted by atomic mass is 10.0. The van der Waals surface area contributed by atoms with Crippen molar-refractivity contribution in [1.82, 2.24) is 0 Å². The molecule has 0 aliphatic rings. The molecule has 0 fully saturated rings. The third-order valence-corrected chi connectivity index (χ3v) is 3.77. The molecule has 0 saturated carbocycles. The van der Waals surface area contributed by atoms with Gasteiger partial charge in [0.05, 0.1) is 10.0 Å².